The van der Waals surface area contributed by atoms with Gasteiger partial charge in [-0.2, -0.15) is 0 Å². The second kappa shape index (κ2) is 6.53. The monoisotopic (exact) mass is 334 g/mol. The van der Waals surface area contributed by atoms with Crippen LogP contribution in [0.1, 0.15) is 13.8 Å². The molecule has 0 fully saturated rings. The lowest BCUT2D eigenvalue weighted by molar-refractivity contribution is -0.115. The van der Waals surface area contributed by atoms with Crippen molar-refractivity contribution in [2.75, 3.05) is 9.62 Å². The molecule has 1 aromatic carbocycles. The van der Waals surface area contributed by atoms with Gasteiger partial charge in [-0.1, -0.05) is 18.2 Å². The van der Waals surface area contributed by atoms with Crippen molar-refractivity contribution in [2.45, 2.75) is 18.7 Å². The lowest BCUT2D eigenvalue weighted by Crippen LogP contribution is -2.36. The first kappa shape index (κ1) is 16.6. The van der Waals surface area contributed by atoms with Gasteiger partial charge in [0.05, 0.1) is 11.9 Å². The summed E-state index contributed by atoms with van der Waals surface area (Å²) in [5, 5.41) is 2.32. The van der Waals surface area contributed by atoms with Gasteiger partial charge in [0.15, 0.2) is 5.82 Å². The number of nitrogens with zero attached hydrogens (tertiary/aromatic N) is 3. The number of benzene rings is 1. The molecule has 0 aliphatic carbocycles. The lowest BCUT2D eigenvalue weighted by atomic mass is 10.3. The van der Waals surface area contributed by atoms with Crippen molar-refractivity contribution >= 4 is 33.3 Å². The standard InChI is InChI=1S/C14H14N4O4S/c1-10(19)17-14-13(8-15-9-16-14)23(21,22)18(11(2)20)12-6-4-3-5-7-12/h3-9H,1-2H3,(H,15,16,17,19). The van der Waals surface area contributed by atoms with E-state index in [0.29, 0.717) is 4.31 Å². The van der Waals surface area contributed by atoms with Crippen LogP contribution < -0.4 is 9.62 Å². The number of para-hydroxylation sites is 1. The summed E-state index contributed by atoms with van der Waals surface area (Å²) >= 11 is 0. The molecule has 0 atom stereocenters. The van der Waals surface area contributed by atoms with Crippen molar-refractivity contribution in [3.05, 3.63) is 42.9 Å². The molecule has 0 spiro atoms. The Morgan fingerprint density at radius 2 is 1.78 bits per heavy atom. The zero-order chi connectivity index (χ0) is 17.0. The first-order valence-electron chi connectivity index (χ1n) is 6.52. The van der Waals surface area contributed by atoms with Crippen LogP contribution in [0.5, 0.6) is 0 Å². The van der Waals surface area contributed by atoms with E-state index in [1.807, 2.05) is 0 Å². The Bertz CT molecular complexity index is 837. The Balaban J connectivity index is 2.60. The van der Waals surface area contributed by atoms with Gasteiger partial charge in [-0.25, -0.2) is 22.7 Å². The molecule has 1 heterocycles. The Labute approximate surface area is 133 Å². The molecule has 0 saturated carbocycles. The number of anilines is 2. The molecular weight excluding hydrogens is 320 g/mol. The fraction of sp³-hybridized carbons (Fsp3) is 0.143. The van der Waals surface area contributed by atoms with Gasteiger partial charge in [0.2, 0.25) is 11.8 Å². The van der Waals surface area contributed by atoms with Crippen molar-refractivity contribution in [1.82, 2.24) is 9.97 Å². The van der Waals surface area contributed by atoms with E-state index in [1.54, 1.807) is 18.2 Å². The Morgan fingerprint density at radius 3 is 2.35 bits per heavy atom. The minimum absolute atomic E-state index is 0.178. The Morgan fingerprint density at radius 1 is 1.13 bits per heavy atom. The molecule has 0 aliphatic rings. The molecule has 8 nitrogen and oxygen atoms in total. The number of carbonyl (C=O) groups excluding carboxylic acids is 2. The van der Waals surface area contributed by atoms with Crippen LogP contribution in [0.4, 0.5) is 11.5 Å². The van der Waals surface area contributed by atoms with Gasteiger partial charge in [-0.05, 0) is 12.1 Å². The maximum Gasteiger partial charge on any atom is 0.276 e. The van der Waals surface area contributed by atoms with Crippen LogP contribution in [-0.2, 0) is 19.6 Å². The molecule has 0 aliphatic heterocycles. The quantitative estimate of drug-likeness (QED) is 0.899. The molecule has 0 unspecified atom stereocenters. The maximum atomic E-state index is 12.9. The molecule has 0 radical (unpaired) electrons. The van der Waals surface area contributed by atoms with Gasteiger partial charge >= 0.3 is 0 Å². The number of carbonyl (C=O) groups is 2. The number of amides is 2. The van der Waals surface area contributed by atoms with Gasteiger partial charge in [-0.15, -0.1) is 0 Å². The highest BCUT2D eigenvalue weighted by Gasteiger charge is 2.31. The number of sulfonamides is 1. The van der Waals surface area contributed by atoms with Gasteiger partial charge < -0.3 is 5.32 Å². The topological polar surface area (TPSA) is 109 Å². The third kappa shape index (κ3) is 3.51. The molecule has 2 aromatic rings. The van der Waals surface area contributed by atoms with E-state index in [-0.39, 0.29) is 16.4 Å². The zero-order valence-corrected chi connectivity index (χ0v) is 13.2. The highest BCUT2D eigenvalue weighted by Crippen LogP contribution is 2.26. The van der Waals surface area contributed by atoms with Crippen LogP contribution in [0.15, 0.2) is 47.8 Å². The van der Waals surface area contributed by atoms with Gasteiger partial charge in [0.1, 0.15) is 11.2 Å². The molecule has 0 bridgehead atoms. The number of rotatable bonds is 4. The van der Waals surface area contributed by atoms with E-state index < -0.39 is 21.8 Å². The average Bonchev–Trinajstić information content (AvgIpc) is 2.47. The second-order valence-corrected chi connectivity index (χ2v) is 6.30. The fourth-order valence-corrected chi connectivity index (χ4v) is 3.39. The number of nitrogens with one attached hydrogen (secondary N) is 1. The molecular formula is C14H14N4O4S. The van der Waals surface area contributed by atoms with Crippen molar-refractivity contribution in [1.29, 1.82) is 0 Å². The number of hydrogen-bond acceptors (Lipinski definition) is 6. The summed E-state index contributed by atoms with van der Waals surface area (Å²) in [6, 6.07) is 7.89. The summed E-state index contributed by atoms with van der Waals surface area (Å²) < 4.78 is 26.3. The first-order chi connectivity index (χ1) is 10.8. The van der Waals surface area contributed by atoms with Crippen molar-refractivity contribution in [3.63, 3.8) is 0 Å². The van der Waals surface area contributed by atoms with E-state index >= 15 is 0 Å². The summed E-state index contributed by atoms with van der Waals surface area (Å²) in [4.78, 5) is 30.2. The smallest absolute Gasteiger partial charge is 0.276 e. The van der Waals surface area contributed by atoms with Gasteiger partial charge in [-0.3, -0.25) is 9.59 Å². The van der Waals surface area contributed by atoms with E-state index in [4.69, 9.17) is 0 Å². The van der Waals surface area contributed by atoms with Crippen molar-refractivity contribution in [2.24, 2.45) is 0 Å². The highest BCUT2D eigenvalue weighted by atomic mass is 32.2. The fourth-order valence-electron chi connectivity index (χ4n) is 1.92. The van der Waals surface area contributed by atoms with Crippen molar-refractivity contribution < 1.29 is 18.0 Å². The van der Waals surface area contributed by atoms with Crippen LogP contribution in [-0.4, -0.2) is 30.2 Å². The minimum Gasteiger partial charge on any atom is -0.310 e. The predicted molar refractivity (Wildman–Crippen MR) is 83.1 cm³/mol. The molecule has 23 heavy (non-hydrogen) atoms. The molecule has 9 heteroatoms. The van der Waals surface area contributed by atoms with E-state index in [1.165, 1.54) is 19.1 Å². The largest absolute Gasteiger partial charge is 0.310 e. The van der Waals surface area contributed by atoms with Gasteiger partial charge in [0.25, 0.3) is 10.0 Å². The van der Waals surface area contributed by atoms with Crippen molar-refractivity contribution in [3.8, 4) is 0 Å². The number of hydrogen-bond donors (Lipinski definition) is 1. The highest BCUT2D eigenvalue weighted by molar-refractivity contribution is 7.93. The second-order valence-electron chi connectivity index (χ2n) is 4.54. The molecule has 2 rings (SSSR count). The predicted octanol–water partition coefficient (Wildman–Crippen LogP) is 1.18. The third-order valence-corrected chi connectivity index (χ3v) is 4.57. The summed E-state index contributed by atoms with van der Waals surface area (Å²) in [6.07, 6.45) is 2.14. The summed E-state index contributed by atoms with van der Waals surface area (Å²) in [7, 11) is -4.29. The van der Waals surface area contributed by atoms with Crippen LogP contribution in [0, 0.1) is 0 Å². The summed E-state index contributed by atoms with van der Waals surface area (Å²) in [5.41, 5.74) is 0.178. The molecule has 120 valence electrons. The van der Waals surface area contributed by atoms with Gasteiger partial charge in [0, 0.05) is 13.8 Å². The van der Waals surface area contributed by atoms with E-state index in [2.05, 4.69) is 15.3 Å². The lowest BCUT2D eigenvalue weighted by Gasteiger charge is -2.21. The van der Waals surface area contributed by atoms with E-state index in [0.717, 1.165) is 19.4 Å². The van der Waals surface area contributed by atoms with Crippen LogP contribution in [0.3, 0.4) is 0 Å². The molecule has 2 amide bonds. The molecule has 1 N–H and O–H groups in total. The normalized spacial score (nSPS) is 10.9. The number of aromatic nitrogens is 2. The molecule has 1 aromatic heterocycles. The zero-order valence-electron chi connectivity index (χ0n) is 12.4. The first-order valence-corrected chi connectivity index (χ1v) is 7.96. The Kier molecular flexibility index (Phi) is 4.70. The summed E-state index contributed by atoms with van der Waals surface area (Å²) in [5.74, 6) is -1.38. The van der Waals surface area contributed by atoms with Crippen LogP contribution in [0.2, 0.25) is 0 Å². The van der Waals surface area contributed by atoms with E-state index in [9.17, 15) is 18.0 Å². The minimum atomic E-state index is -4.29. The maximum absolute atomic E-state index is 12.9. The SMILES string of the molecule is CC(=O)Nc1ncncc1S(=O)(=O)N(C(C)=O)c1ccccc1. The Hall–Kier alpha value is -2.81. The average molecular weight is 334 g/mol. The van der Waals surface area contributed by atoms with Crippen LogP contribution >= 0.6 is 0 Å². The third-order valence-electron chi connectivity index (χ3n) is 2.77. The van der Waals surface area contributed by atoms with Crippen LogP contribution in [0.25, 0.3) is 0 Å². The summed E-state index contributed by atoms with van der Waals surface area (Å²) in [6.45, 7) is 2.35. The molecule has 0 saturated heterocycles.